The summed E-state index contributed by atoms with van der Waals surface area (Å²) in [7, 11) is 0. The second-order valence-corrected chi connectivity index (χ2v) is 6.10. The first kappa shape index (κ1) is 17.6. The van der Waals surface area contributed by atoms with E-state index in [-0.39, 0.29) is 12.2 Å². The van der Waals surface area contributed by atoms with Crippen molar-refractivity contribution in [2.75, 3.05) is 0 Å². The molecular weight excluding hydrogens is 288 g/mol. The highest BCUT2D eigenvalue weighted by molar-refractivity contribution is 5.27. The Kier molecular flexibility index (Phi) is 6.25. The van der Waals surface area contributed by atoms with Gasteiger partial charge in [0, 0.05) is 12.8 Å². The Hall–Kier alpha value is -1.78. The predicted molar refractivity (Wildman–Crippen MR) is 90.4 cm³/mol. The predicted octanol–water partition coefficient (Wildman–Crippen LogP) is 2.92. The Labute approximate surface area is 139 Å². The zero-order valence-corrected chi connectivity index (χ0v) is 14.0. The third kappa shape index (κ3) is 5.73. The van der Waals surface area contributed by atoms with E-state index in [2.05, 4.69) is 35.8 Å². The van der Waals surface area contributed by atoms with Gasteiger partial charge >= 0.3 is 0 Å². The van der Waals surface area contributed by atoms with Crippen LogP contribution in [0.2, 0.25) is 0 Å². The van der Waals surface area contributed by atoms with Crippen LogP contribution < -0.4 is 0 Å². The molecule has 1 aromatic rings. The molecule has 0 unspecified atom stereocenters. The molecule has 1 heterocycles. The fourth-order valence-electron chi connectivity index (χ4n) is 2.52. The Bertz CT molecular complexity index is 613. The van der Waals surface area contributed by atoms with E-state index in [0.29, 0.717) is 12.8 Å². The number of ether oxygens (including phenoxy) is 2. The van der Waals surface area contributed by atoms with Crippen molar-refractivity contribution in [3.63, 3.8) is 0 Å². The van der Waals surface area contributed by atoms with Crippen LogP contribution in [-0.2, 0) is 15.9 Å². The number of rotatable bonds is 4. The summed E-state index contributed by atoms with van der Waals surface area (Å²) in [6, 6.07) is 10.2. The molecule has 3 heteroatoms. The first-order valence-corrected chi connectivity index (χ1v) is 8.06. The molecule has 2 rings (SSSR count). The summed E-state index contributed by atoms with van der Waals surface area (Å²) in [5.74, 6) is 10.6. The van der Waals surface area contributed by atoms with Gasteiger partial charge in [0.15, 0.2) is 5.79 Å². The fourth-order valence-corrected chi connectivity index (χ4v) is 2.52. The number of aliphatic hydroxyl groups excluding tert-OH is 1. The van der Waals surface area contributed by atoms with Gasteiger partial charge in [-0.15, -0.1) is 0 Å². The molecule has 122 valence electrons. The zero-order chi connectivity index (χ0) is 16.7. The molecule has 0 saturated carbocycles. The van der Waals surface area contributed by atoms with Crippen molar-refractivity contribution >= 4 is 0 Å². The Morgan fingerprint density at radius 3 is 2.52 bits per heavy atom. The zero-order valence-electron chi connectivity index (χ0n) is 14.0. The van der Waals surface area contributed by atoms with E-state index in [1.807, 2.05) is 39.0 Å². The van der Waals surface area contributed by atoms with Crippen molar-refractivity contribution in [2.24, 2.45) is 0 Å². The topological polar surface area (TPSA) is 38.7 Å². The fraction of sp³-hybridized carbons (Fsp3) is 0.500. The molecule has 3 atom stereocenters. The molecule has 0 radical (unpaired) electrons. The third-order valence-corrected chi connectivity index (χ3v) is 3.64. The van der Waals surface area contributed by atoms with E-state index >= 15 is 0 Å². The Balaban J connectivity index is 1.97. The van der Waals surface area contributed by atoms with E-state index in [1.165, 1.54) is 5.56 Å². The molecule has 0 aromatic heterocycles. The summed E-state index contributed by atoms with van der Waals surface area (Å²) in [5.41, 5.74) is 1.22. The molecule has 0 spiro atoms. The van der Waals surface area contributed by atoms with Gasteiger partial charge in [-0.2, -0.15) is 0 Å². The molecule has 1 fully saturated rings. The lowest BCUT2D eigenvalue weighted by atomic mass is 10.0. The highest BCUT2D eigenvalue weighted by atomic mass is 16.7. The van der Waals surface area contributed by atoms with E-state index in [9.17, 15) is 5.11 Å². The van der Waals surface area contributed by atoms with Crippen LogP contribution in [0.3, 0.4) is 0 Å². The minimum atomic E-state index is -0.597. The smallest absolute Gasteiger partial charge is 0.163 e. The van der Waals surface area contributed by atoms with Gasteiger partial charge in [0.1, 0.15) is 6.10 Å². The largest absolute Gasteiger partial charge is 0.380 e. The van der Waals surface area contributed by atoms with Gasteiger partial charge in [-0.05, 0) is 37.7 Å². The van der Waals surface area contributed by atoms with Gasteiger partial charge in [-0.3, -0.25) is 0 Å². The SMILES string of the molecule is CC[C@H](O)C#CC#CC[C@H]1OC(C)(C)O[C@@H]1Cc1ccccc1. The summed E-state index contributed by atoms with van der Waals surface area (Å²) in [6.07, 6.45) is 1.29. The molecule has 23 heavy (non-hydrogen) atoms. The first-order valence-electron chi connectivity index (χ1n) is 8.06. The maximum absolute atomic E-state index is 9.36. The molecule has 1 N–H and O–H groups in total. The second-order valence-electron chi connectivity index (χ2n) is 6.10. The van der Waals surface area contributed by atoms with Crippen LogP contribution in [0.25, 0.3) is 0 Å². The lowest BCUT2D eigenvalue weighted by molar-refractivity contribution is -0.145. The molecule has 3 nitrogen and oxygen atoms in total. The lowest BCUT2D eigenvalue weighted by Gasteiger charge is -2.16. The summed E-state index contributed by atoms with van der Waals surface area (Å²) in [5, 5.41) is 9.36. The van der Waals surface area contributed by atoms with E-state index in [4.69, 9.17) is 9.47 Å². The summed E-state index contributed by atoms with van der Waals surface area (Å²) in [4.78, 5) is 0. The van der Waals surface area contributed by atoms with Gasteiger partial charge in [0.05, 0.1) is 12.2 Å². The van der Waals surface area contributed by atoms with Gasteiger partial charge in [-0.1, -0.05) is 49.1 Å². The van der Waals surface area contributed by atoms with Crippen molar-refractivity contribution in [2.45, 2.75) is 64.1 Å². The monoisotopic (exact) mass is 312 g/mol. The maximum atomic E-state index is 9.36. The number of aliphatic hydroxyl groups is 1. The van der Waals surface area contributed by atoms with Crippen LogP contribution in [0.1, 0.15) is 39.2 Å². The average molecular weight is 312 g/mol. The van der Waals surface area contributed by atoms with Crippen molar-refractivity contribution in [3.8, 4) is 23.7 Å². The van der Waals surface area contributed by atoms with Gasteiger partial charge in [-0.25, -0.2) is 0 Å². The quantitative estimate of drug-likeness (QED) is 0.869. The second kappa shape index (κ2) is 8.18. The average Bonchev–Trinajstić information content (AvgIpc) is 2.81. The molecule has 1 aliphatic rings. The van der Waals surface area contributed by atoms with Crippen LogP contribution >= 0.6 is 0 Å². The highest BCUT2D eigenvalue weighted by Crippen LogP contribution is 2.31. The molecule has 0 aliphatic carbocycles. The van der Waals surface area contributed by atoms with Gasteiger partial charge in [0.25, 0.3) is 0 Å². The maximum Gasteiger partial charge on any atom is 0.163 e. The van der Waals surface area contributed by atoms with Crippen molar-refractivity contribution in [1.82, 2.24) is 0 Å². The van der Waals surface area contributed by atoms with Crippen LogP contribution in [0.5, 0.6) is 0 Å². The number of hydrogen-bond acceptors (Lipinski definition) is 3. The normalized spacial score (nSPS) is 23.3. The van der Waals surface area contributed by atoms with E-state index in [1.54, 1.807) is 0 Å². The number of benzene rings is 1. The van der Waals surface area contributed by atoms with Crippen LogP contribution in [0.15, 0.2) is 30.3 Å². The highest BCUT2D eigenvalue weighted by Gasteiger charge is 2.40. The van der Waals surface area contributed by atoms with Gasteiger partial charge in [0.2, 0.25) is 0 Å². The third-order valence-electron chi connectivity index (χ3n) is 3.64. The lowest BCUT2D eigenvalue weighted by Crippen LogP contribution is -2.24. The molecular formula is C20H24O3. The molecule has 1 aliphatic heterocycles. The minimum absolute atomic E-state index is 0.0177. The van der Waals surface area contributed by atoms with Gasteiger partial charge < -0.3 is 14.6 Å². The van der Waals surface area contributed by atoms with Crippen molar-refractivity contribution in [1.29, 1.82) is 0 Å². The summed E-state index contributed by atoms with van der Waals surface area (Å²) < 4.78 is 12.0. The van der Waals surface area contributed by atoms with Crippen LogP contribution in [-0.4, -0.2) is 29.2 Å². The van der Waals surface area contributed by atoms with Crippen molar-refractivity contribution in [3.05, 3.63) is 35.9 Å². The van der Waals surface area contributed by atoms with Crippen molar-refractivity contribution < 1.29 is 14.6 Å². The standard InChI is InChI=1S/C20H24O3/c1-4-17(21)13-9-6-10-14-18-19(23-20(2,3)22-18)15-16-11-7-5-8-12-16/h5,7-8,11-12,17-19,21H,4,14-15H2,1-3H3/t17-,18+,19+/m0/s1. The molecule has 0 amide bonds. The molecule has 0 bridgehead atoms. The number of hydrogen-bond donors (Lipinski definition) is 1. The minimum Gasteiger partial charge on any atom is -0.380 e. The van der Waals surface area contributed by atoms with Crippen LogP contribution in [0.4, 0.5) is 0 Å². The summed E-state index contributed by atoms with van der Waals surface area (Å²) in [6.45, 7) is 5.73. The molecule has 1 saturated heterocycles. The summed E-state index contributed by atoms with van der Waals surface area (Å²) >= 11 is 0. The molecule has 1 aromatic carbocycles. The van der Waals surface area contributed by atoms with E-state index in [0.717, 1.165) is 6.42 Å². The Morgan fingerprint density at radius 2 is 1.83 bits per heavy atom. The first-order chi connectivity index (χ1) is 11.0. The van der Waals surface area contributed by atoms with Crippen LogP contribution in [0, 0.1) is 23.7 Å². The Morgan fingerprint density at radius 1 is 1.13 bits per heavy atom. The van der Waals surface area contributed by atoms with E-state index < -0.39 is 11.9 Å².